The first-order chi connectivity index (χ1) is 20.0. The van der Waals surface area contributed by atoms with Crippen LogP contribution in [0.25, 0.3) is 10.9 Å². The Balaban J connectivity index is 1.08. The van der Waals surface area contributed by atoms with Crippen molar-refractivity contribution >= 4 is 22.8 Å². The minimum absolute atomic E-state index is 0.161. The largest absolute Gasteiger partial charge is 0.480 e. The number of carboxylic acids is 1. The van der Waals surface area contributed by atoms with Gasteiger partial charge < -0.3 is 25.6 Å². The number of nitrogens with one attached hydrogen (secondary N) is 2. The maximum absolute atomic E-state index is 13.0. The van der Waals surface area contributed by atoms with Crippen LogP contribution in [0.2, 0.25) is 0 Å². The molecule has 0 radical (unpaired) electrons. The number of benzene rings is 1. The first-order valence-electron chi connectivity index (χ1n) is 16.4. The van der Waals surface area contributed by atoms with E-state index in [1.54, 1.807) is 0 Å². The van der Waals surface area contributed by atoms with E-state index in [2.05, 4.69) is 31.1 Å². The molecule has 1 heterocycles. The number of rotatable bonds is 8. The Hall–Kier alpha value is -2.38. The third kappa shape index (κ3) is 5.08. The summed E-state index contributed by atoms with van der Waals surface area (Å²) in [7, 11) is 0. The molecule has 4 aliphatic carbocycles. The van der Waals surface area contributed by atoms with E-state index in [9.17, 15) is 24.9 Å². The van der Waals surface area contributed by atoms with Crippen molar-refractivity contribution in [1.82, 2.24) is 10.3 Å². The van der Waals surface area contributed by atoms with Crippen LogP contribution in [0.3, 0.4) is 0 Å². The molecule has 5 N–H and O–H groups in total. The van der Waals surface area contributed by atoms with Crippen LogP contribution in [0.4, 0.5) is 0 Å². The lowest BCUT2D eigenvalue weighted by molar-refractivity contribution is -0.174. The lowest BCUT2D eigenvalue weighted by Crippen LogP contribution is -2.58. The summed E-state index contributed by atoms with van der Waals surface area (Å²) in [6.07, 6.45) is 10.9. The van der Waals surface area contributed by atoms with Crippen molar-refractivity contribution in [2.75, 3.05) is 0 Å². The average molecular weight is 579 g/mol. The molecule has 4 aliphatic rings. The van der Waals surface area contributed by atoms with E-state index >= 15 is 0 Å². The Bertz CT molecular complexity index is 1310. The van der Waals surface area contributed by atoms with Crippen LogP contribution in [-0.2, 0) is 16.0 Å². The smallest absolute Gasteiger partial charge is 0.326 e. The number of carbonyl (C=O) groups is 2. The molecule has 0 unspecified atom stereocenters. The topological polar surface area (TPSA) is 123 Å². The molecule has 1 aromatic carbocycles. The highest BCUT2D eigenvalue weighted by Gasteiger charge is 2.62. The van der Waals surface area contributed by atoms with Crippen LogP contribution < -0.4 is 5.32 Å². The highest BCUT2D eigenvalue weighted by Crippen LogP contribution is 2.68. The van der Waals surface area contributed by atoms with Gasteiger partial charge in [-0.1, -0.05) is 39.0 Å². The van der Waals surface area contributed by atoms with Gasteiger partial charge in [0.25, 0.3) is 0 Å². The number of aliphatic carboxylic acids is 1. The zero-order valence-corrected chi connectivity index (χ0v) is 25.5. The summed E-state index contributed by atoms with van der Waals surface area (Å²) in [4.78, 5) is 28.3. The third-order valence-electron chi connectivity index (χ3n) is 13.0. The van der Waals surface area contributed by atoms with Gasteiger partial charge in [0.15, 0.2) is 0 Å². The molecule has 0 bridgehead atoms. The Morgan fingerprint density at radius 1 is 1.02 bits per heavy atom. The molecule has 0 aliphatic heterocycles. The summed E-state index contributed by atoms with van der Waals surface area (Å²) in [5, 5.41) is 35.5. The fraction of sp³-hybridized carbons (Fsp3) is 0.714. The summed E-state index contributed by atoms with van der Waals surface area (Å²) in [6, 6.07) is 6.84. The summed E-state index contributed by atoms with van der Waals surface area (Å²) in [6.45, 7) is 7.18. The number of aliphatic hydroxyl groups is 2. The molecule has 230 valence electrons. The molecule has 6 rings (SSSR count). The number of H-pyrrole nitrogens is 1. The minimum atomic E-state index is -1.01. The Labute approximate surface area is 249 Å². The van der Waals surface area contributed by atoms with Gasteiger partial charge in [0.2, 0.25) is 5.91 Å². The molecular formula is C35H50N2O5. The van der Waals surface area contributed by atoms with Gasteiger partial charge in [0.05, 0.1) is 12.2 Å². The monoisotopic (exact) mass is 578 g/mol. The predicted molar refractivity (Wildman–Crippen MR) is 163 cm³/mol. The number of aliphatic hydroxyl groups excluding tert-OH is 2. The van der Waals surface area contributed by atoms with Crippen LogP contribution in [0.15, 0.2) is 30.5 Å². The molecule has 0 spiro atoms. The van der Waals surface area contributed by atoms with Crippen molar-refractivity contribution in [3.8, 4) is 0 Å². The molecular weight excluding hydrogens is 528 g/mol. The van der Waals surface area contributed by atoms with E-state index in [0.717, 1.165) is 67.8 Å². The summed E-state index contributed by atoms with van der Waals surface area (Å²) < 4.78 is 0. The number of hydrogen-bond acceptors (Lipinski definition) is 4. The Morgan fingerprint density at radius 3 is 2.55 bits per heavy atom. The zero-order chi connectivity index (χ0) is 29.8. The summed E-state index contributed by atoms with van der Waals surface area (Å²) in [5.74, 6) is 1.43. The summed E-state index contributed by atoms with van der Waals surface area (Å²) in [5.41, 5.74) is 2.23. The fourth-order valence-electron chi connectivity index (χ4n) is 10.7. The molecule has 11 atom stereocenters. The predicted octanol–water partition coefficient (Wildman–Crippen LogP) is 5.69. The van der Waals surface area contributed by atoms with Crippen molar-refractivity contribution in [1.29, 1.82) is 0 Å². The number of hydrogen-bond donors (Lipinski definition) is 5. The molecule has 1 amide bonds. The molecule has 7 heteroatoms. The summed E-state index contributed by atoms with van der Waals surface area (Å²) >= 11 is 0. The van der Waals surface area contributed by atoms with Crippen LogP contribution in [-0.4, -0.2) is 50.4 Å². The fourth-order valence-corrected chi connectivity index (χ4v) is 10.7. The average Bonchev–Trinajstić information content (AvgIpc) is 3.53. The van der Waals surface area contributed by atoms with Crippen molar-refractivity contribution in [2.45, 2.75) is 110 Å². The standard InChI is InChI=1S/C35H50N2O5/c1-20(8-11-31(40)37-29(33(41)42)16-21-19-36-28-7-5-4-6-24(21)28)25-9-10-26-32-27(13-15-35(25,26)3)34(2)14-12-23(38)17-22(34)18-30(32)39/h4-7,19-20,22-23,25-27,29-30,32,36,38-39H,8-18H2,1-3H3,(H,37,40)(H,41,42)/t20-,22+,23-,25-,26+,27+,29+,30-,32+,34+,35-/m1/s1. The number of aromatic amines is 1. The SMILES string of the molecule is C[C@H](CCC(=O)N[C@@H](Cc1c[nH]c2ccccc12)C(=O)O)[C@H]1CC[C@H]2[C@@H]3[C@H](O)C[C@@H]4C[C@H](O)CC[C@]4(C)[C@H]3CC[C@]12C. The van der Waals surface area contributed by atoms with Gasteiger partial charge in [-0.3, -0.25) is 4.79 Å². The highest BCUT2D eigenvalue weighted by atomic mass is 16.4. The van der Waals surface area contributed by atoms with Gasteiger partial charge in [-0.2, -0.15) is 0 Å². The minimum Gasteiger partial charge on any atom is -0.480 e. The van der Waals surface area contributed by atoms with E-state index in [0.29, 0.717) is 41.9 Å². The van der Waals surface area contributed by atoms with E-state index in [4.69, 9.17) is 0 Å². The number of fused-ring (bicyclic) bond motifs is 6. The lowest BCUT2D eigenvalue weighted by atomic mass is 9.43. The molecule has 4 saturated carbocycles. The van der Waals surface area contributed by atoms with Crippen molar-refractivity contribution in [3.05, 3.63) is 36.0 Å². The molecule has 42 heavy (non-hydrogen) atoms. The van der Waals surface area contributed by atoms with Crippen LogP contribution >= 0.6 is 0 Å². The maximum atomic E-state index is 13.0. The third-order valence-corrected chi connectivity index (χ3v) is 13.0. The number of amides is 1. The van der Waals surface area contributed by atoms with Gasteiger partial charge in [-0.05, 0) is 116 Å². The van der Waals surface area contributed by atoms with Crippen molar-refractivity contribution in [3.63, 3.8) is 0 Å². The van der Waals surface area contributed by atoms with Crippen LogP contribution in [0.5, 0.6) is 0 Å². The second-order valence-corrected chi connectivity index (χ2v) is 15.0. The second-order valence-electron chi connectivity index (χ2n) is 15.0. The second kappa shape index (κ2) is 11.3. The van der Waals surface area contributed by atoms with Gasteiger partial charge in [-0.15, -0.1) is 0 Å². The maximum Gasteiger partial charge on any atom is 0.326 e. The van der Waals surface area contributed by atoms with E-state index < -0.39 is 12.0 Å². The molecule has 0 saturated heterocycles. The number of carbonyl (C=O) groups excluding carboxylic acids is 1. The van der Waals surface area contributed by atoms with Gasteiger partial charge in [0.1, 0.15) is 6.04 Å². The zero-order valence-electron chi connectivity index (χ0n) is 25.5. The van der Waals surface area contributed by atoms with E-state index in [1.807, 2.05) is 30.5 Å². The first kappa shape index (κ1) is 29.7. The van der Waals surface area contributed by atoms with Crippen LogP contribution in [0, 0.1) is 46.3 Å². The number of carboxylic acid groups (broad SMARTS) is 1. The number of aromatic nitrogens is 1. The Kier molecular flexibility index (Phi) is 7.97. The lowest BCUT2D eigenvalue weighted by Gasteiger charge is -2.62. The van der Waals surface area contributed by atoms with Gasteiger partial charge in [0, 0.05) is 29.9 Å². The molecule has 1 aromatic heterocycles. The molecule has 4 fully saturated rings. The van der Waals surface area contributed by atoms with Crippen molar-refractivity contribution < 1.29 is 24.9 Å². The number of para-hydroxylation sites is 1. The normalized spacial score (nSPS) is 39.1. The van der Waals surface area contributed by atoms with Gasteiger partial charge in [-0.25, -0.2) is 4.79 Å². The molecule has 2 aromatic rings. The first-order valence-corrected chi connectivity index (χ1v) is 16.4. The Morgan fingerprint density at radius 2 is 1.76 bits per heavy atom. The quantitative estimate of drug-likeness (QED) is 0.276. The van der Waals surface area contributed by atoms with Crippen LogP contribution in [0.1, 0.15) is 90.5 Å². The highest BCUT2D eigenvalue weighted by molar-refractivity contribution is 5.86. The van der Waals surface area contributed by atoms with E-state index in [-0.39, 0.29) is 35.4 Å². The van der Waals surface area contributed by atoms with Crippen molar-refractivity contribution in [2.24, 2.45) is 46.3 Å². The van der Waals surface area contributed by atoms with E-state index in [1.165, 1.54) is 6.42 Å². The van der Waals surface area contributed by atoms with Gasteiger partial charge >= 0.3 is 5.97 Å². The molecule has 7 nitrogen and oxygen atoms in total.